The van der Waals surface area contributed by atoms with E-state index in [-0.39, 0.29) is 0 Å². The van der Waals surface area contributed by atoms with Gasteiger partial charge in [-0.2, -0.15) is 15.2 Å². The molecule has 0 aliphatic heterocycles. The molecule has 0 N–H and O–H groups in total. The second kappa shape index (κ2) is 6.87. The summed E-state index contributed by atoms with van der Waals surface area (Å²) >= 11 is 0. The Bertz CT molecular complexity index is 774. The standard InChI is InChI=1S/C16H16N4O3/c1-3-21-13-6-5-11(9-14(13)22-4-2)16-19-15(20-23-16)12-7-8-17-18-10-12/h5-10H,3-4H2,1-2H3. The zero-order valence-corrected chi connectivity index (χ0v) is 12.9. The summed E-state index contributed by atoms with van der Waals surface area (Å²) in [4.78, 5) is 4.39. The Balaban J connectivity index is 1.93. The van der Waals surface area contributed by atoms with Crippen molar-refractivity contribution in [2.75, 3.05) is 13.2 Å². The number of hydrogen-bond acceptors (Lipinski definition) is 7. The van der Waals surface area contributed by atoms with Crippen LogP contribution in [0.15, 0.2) is 41.2 Å². The van der Waals surface area contributed by atoms with Crippen molar-refractivity contribution >= 4 is 0 Å². The Morgan fingerprint density at radius 1 is 0.957 bits per heavy atom. The van der Waals surface area contributed by atoms with Crippen molar-refractivity contribution in [2.24, 2.45) is 0 Å². The zero-order chi connectivity index (χ0) is 16.1. The predicted molar refractivity (Wildman–Crippen MR) is 83.1 cm³/mol. The van der Waals surface area contributed by atoms with E-state index in [4.69, 9.17) is 14.0 Å². The van der Waals surface area contributed by atoms with Gasteiger partial charge in [-0.1, -0.05) is 5.16 Å². The molecule has 0 amide bonds. The summed E-state index contributed by atoms with van der Waals surface area (Å²) < 4.78 is 16.5. The van der Waals surface area contributed by atoms with Gasteiger partial charge in [0.05, 0.1) is 25.6 Å². The molecule has 2 heterocycles. The van der Waals surface area contributed by atoms with E-state index < -0.39 is 0 Å². The number of aromatic nitrogens is 4. The van der Waals surface area contributed by atoms with Crippen molar-refractivity contribution in [3.8, 4) is 34.3 Å². The molecule has 0 unspecified atom stereocenters. The lowest BCUT2D eigenvalue weighted by Gasteiger charge is -2.11. The van der Waals surface area contributed by atoms with Crippen LogP contribution in [0, 0.1) is 0 Å². The molecular weight excluding hydrogens is 296 g/mol. The highest BCUT2D eigenvalue weighted by molar-refractivity contribution is 5.62. The number of ether oxygens (including phenoxy) is 2. The maximum Gasteiger partial charge on any atom is 0.258 e. The van der Waals surface area contributed by atoms with Crippen LogP contribution in [0.2, 0.25) is 0 Å². The molecule has 0 atom stereocenters. The molecule has 0 bridgehead atoms. The maximum atomic E-state index is 5.61. The fourth-order valence-corrected chi connectivity index (χ4v) is 2.07. The minimum absolute atomic E-state index is 0.404. The smallest absolute Gasteiger partial charge is 0.258 e. The van der Waals surface area contributed by atoms with Gasteiger partial charge in [-0.15, -0.1) is 0 Å². The van der Waals surface area contributed by atoms with Crippen molar-refractivity contribution in [3.05, 3.63) is 36.7 Å². The van der Waals surface area contributed by atoms with Crippen LogP contribution >= 0.6 is 0 Å². The van der Waals surface area contributed by atoms with E-state index in [1.165, 1.54) is 0 Å². The van der Waals surface area contributed by atoms with E-state index in [0.29, 0.717) is 36.4 Å². The summed E-state index contributed by atoms with van der Waals surface area (Å²) in [5.41, 5.74) is 1.50. The highest BCUT2D eigenvalue weighted by Gasteiger charge is 2.14. The molecule has 0 aliphatic rings. The minimum Gasteiger partial charge on any atom is -0.490 e. The largest absolute Gasteiger partial charge is 0.490 e. The Kier molecular flexibility index (Phi) is 4.46. The number of rotatable bonds is 6. The third-order valence-corrected chi connectivity index (χ3v) is 3.06. The summed E-state index contributed by atoms with van der Waals surface area (Å²) in [5.74, 6) is 2.20. The predicted octanol–water partition coefficient (Wildman–Crippen LogP) is 2.99. The average Bonchev–Trinajstić information content (AvgIpc) is 3.08. The Hall–Kier alpha value is -2.96. The van der Waals surface area contributed by atoms with Crippen LogP contribution in [-0.2, 0) is 0 Å². The van der Waals surface area contributed by atoms with E-state index in [0.717, 1.165) is 11.1 Å². The Morgan fingerprint density at radius 2 is 1.78 bits per heavy atom. The zero-order valence-electron chi connectivity index (χ0n) is 12.9. The second-order valence-electron chi connectivity index (χ2n) is 4.58. The quantitative estimate of drug-likeness (QED) is 0.691. The maximum absolute atomic E-state index is 5.61. The van der Waals surface area contributed by atoms with Gasteiger partial charge in [0.1, 0.15) is 0 Å². The van der Waals surface area contributed by atoms with Gasteiger partial charge in [0.15, 0.2) is 11.5 Å². The molecule has 0 spiro atoms. The van der Waals surface area contributed by atoms with E-state index in [2.05, 4.69) is 20.3 Å². The van der Waals surface area contributed by atoms with E-state index in [1.807, 2.05) is 32.0 Å². The van der Waals surface area contributed by atoms with Gasteiger partial charge < -0.3 is 14.0 Å². The van der Waals surface area contributed by atoms with Crippen LogP contribution in [0.5, 0.6) is 11.5 Å². The fourth-order valence-electron chi connectivity index (χ4n) is 2.07. The third kappa shape index (κ3) is 3.28. The van der Waals surface area contributed by atoms with Gasteiger partial charge >= 0.3 is 0 Å². The van der Waals surface area contributed by atoms with Crippen molar-refractivity contribution in [2.45, 2.75) is 13.8 Å². The summed E-state index contributed by atoms with van der Waals surface area (Å²) in [7, 11) is 0. The normalized spacial score (nSPS) is 10.5. The second-order valence-corrected chi connectivity index (χ2v) is 4.58. The van der Waals surface area contributed by atoms with Crippen LogP contribution in [0.25, 0.3) is 22.8 Å². The van der Waals surface area contributed by atoms with Crippen LogP contribution in [0.4, 0.5) is 0 Å². The molecule has 118 valence electrons. The van der Waals surface area contributed by atoms with Gasteiger partial charge in [-0.25, -0.2) is 0 Å². The average molecular weight is 312 g/mol. The minimum atomic E-state index is 0.404. The van der Waals surface area contributed by atoms with E-state index in [9.17, 15) is 0 Å². The molecule has 3 aromatic rings. The van der Waals surface area contributed by atoms with Crippen molar-refractivity contribution in [3.63, 3.8) is 0 Å². The van der Waals surface area contributed by atoms with Gasteiger partial charge in [-0.3, -0.25) is 0 Å². The Labute approximate surface area is 133 Å². The highest BCUT2D eigenvalue weighted by atomic mass is 16.5. The monoisotopic (exact) mass is 312 g/mol. The molecular formula is C16H16N4O3. The summed E-state index contributed by atoms with van der Waals surface area (Å²) in [5, 5.41) is 11.5. The third-order valence-electron chi connectivity index (χ3n) is 3.06. The molecule has 3 rings (SSSR count). The van der Waals surface area contributed by atoms with Gasteiger partial charge in [0.25, 0.3) is 5.89 Å². The van der Waals surface area contributed by atoms with E-state index >= 15 is 0 Å². The first-order valence-electron chi connectivity index (χ1n) is 7.32. The summed E-state index contributed by atoms with van der Waals surface area (Å²) in [6.45, 7) is 4.96. The molecule has 0 saturated heterocycles. The van der Waals surface area contributed by atoms with Crippen molar-refractivity contribution < 1.29 is 14.0 Å². The van der Waals surface area contributed by atoms with Crippen LogP contribution in [-0.4, -0.2) is 33.6 Å². The van der Waals surface area contributed by atoms with Crippen molar-refractivity contribution in [1.82, 2.24) is 20.3 Å². The van der Waals surface area contributed by atoms with E-state index in [1.54, 1.807) is 18.5 Å². The molecule has 0 aliphatic carbocycles. The lowest BCUT2D eigenvalue weighted by atomic mass is 10.2. The van der Waals surface area contributed by atoms with Gasteiger partial charge in [0, 0.05) is 11.1 Å². The number of nitrogens with zero attached hydrogens (tertiary/aromatic N) is 4. The molecule has 23 heavy (non-hydrogen) atoms. The van der Waals surface area contributed by atoms with Crippen molar-refractivity contribution in [1.29, 1.82) is 0 Å². The van der Waals surface area contributed by atoms with Crippen LogP contribution in [0.1, 0.15) is 13.8 Å². The molecule has 0 saturated carbocycles. The molecule has 1 aromatic carbocycles. The lowest BCUT2D eigenvalue weighted by molar-refractivity contribution is 0.288. The highest BCUT2D eigenvalue weighted by Crippen LogP contribution is 2.32. The van der Waals surface area contributed by atoms with Crippen LogP contribution in [0.3, 0.4) is 0 Å². The summed E-state index contributed by atoms with van der Waals surface area (Å²) in [6.07, 6.45) is 3.16. The molecule has 0 radical (unpaired) electrons. The lowest BCUT2D eigenvalue weighted by Crippen LogP contribution is -1.98. The number of benzene rings is 1. The SMILES string of the molecule is CCOc1ccc(-c2nc(-c3ccnnc3)no2)cc1OCC. The molecule has 0 fully saturated rings. The van der Waals surface area contributed by atoms with Gasteiger partial charge in [0.2, 0.25) is 5.82 Å². The molecule has 7 heteroatoms. The first-order valence-corrected chi connectivity index (χ1v) is 7.32. The van der Waals surface area contributed by atoms with Crippen LogP contribution < -0.4 is 9.47 Å². The molecule has 2 aromatic heterocycles. The number of hydrogen-bond donors (Lipinski definition) is 0. The topological polar surface area (TPSA) is 83.2 Å². The summed E-state index contributed by atoms with van der Waals surface area (Å²) in [6, 6.07) is 7.29. The fraction of sp³-hybridized carbons (Fsp3) is 0.250. The molecule has 7 nitrogen and oxygen atoms in total. The first-order chi connectivity index (χ1) is 11.3. The Morgan fingerprint density at radius 3 is 2.52 bits per heavy atom. The first kappa shape index (κ1) is 15.0. The van der Waals surface area contributed by atoms with Gasteiger partial charge in [-0.05, 0) is 38.1 Å².